The van der Waals surface area contributed by atoms with E-state index in [0.29, 0.717) is 30.2 Å². The zero-order chi connectivity index (χ0) is 29.0. The molecule has 218 valence electrons. The minimum Gasteiger partial charge on any atom is -0.493 e. The Kier molecular flexibility index (Phi) is 7.82. The molecule has 0 spiro atoms. The van der Waals surface area contributed by atoms with Gasteiger partial charge in [0.2, 0.25) is 10.0 Å². The van der Waals surface area contributed by atoms with Crippen molar-refractivity contribution in [3.63, 3.8) is 0 Å². The van der Waals surface area contributed by atoms with Crippen molar-refractivity contribution in [3.8, 4) is 5.75 Å². The smallest absolute Gasteiger partial charge is 0.416 e. The first-order chi connectivity index (χ1) is 18.7. The number of hydrogen-bond donors (Lipinski definition) is 1. The molecule has 1 aliphatic carbocycles. The van der Waals surface area contributed by atoms with Crippen molar-refractivity contribution in [2.45, 2.75) is 69.2 Å². The Morgan fingerprint density at radius 2 is 1.73 bits per heavy atom. The highest BCUT2D eigenvalue weighted by Crippen LogP contribution is 2.46. The van der Waals surface area contributed by atoms with Crippen LogP contribution in [0.3, 0.4) is 0 Å². The second-order valence-electron chi connectivity index (χ2n) is 11.0. The maximum absolute atomic E-state index is 14.8. The first kappa shape index (κ1) is 29.1. The molecule has 2 saturated heterocycles. The van der Waals surface area contributed by atoms with Crippen LogP contribution in [0.15, 0.2) is 24.3 Å². The Bertz CT molecular complexity index is 1420. The highest BCUT2D eigenvalue weighted by Gasteiger charge is 2.42. The number of halogens is 6. The lowest BCUT2D eigenvalue weighted by atomic mass is 9.90. The number of carbonyl (C=O) groups is 1. The third-order valence-electron chi connectivity index (χ3n) is 7.88. The normalized spacial score (nSPS) is 23.3. The van der Waals surface area contributed by atoms with Gasteiger partial charge >= 0.3 is 6.18 Å². The van der Waals surface area contributed by atoms with E-state index in [1.54, 1.807) is 4.72 Å². The molecule has 1 N–H and O–H groups in total. The summed E-state index contributed by atoms with van der Waals surface area (Å²) < 4.78 is 99.9. The molecule has 3 aliphatic rings. The summed E-state index contributed by atoms with van der Waals surface area (Å²) in [4.78, 5) is 14.3. The summed E-state index contributed by atoms with van der Waals surface area (Å²) in [5.41, 5.74) is -0.788. The average molecular weight is 607 g/mol. The fourth-order valence-corrected chi connectivity index (χ4v) is 6.60. The van der Waals surface area contributed by atoms with Crippen molar-refractivity contribution < 1.29 is 39.9 Å². The second-order valence-corrected chi connectivity index (χ2v) is 13.1. The molecule has 2 aromatic carbocycles. The van der Waals surface area contributed by atoms with Gasteiger partial charge in [-0.25, -0.2) is 21.9 Å². The van der Waals surface area contributed by atoms with Gasteiger partial charge in [-0.2, -0.15) is 13.2 Å². The fraction of sp³-hybridized carbons (Fsp3) is 0.519. The molecule has 13 heteroatoms. The van der Waals surface area contributed by atoms with Gasteiger partial charge in [-0.1, -0.05) is 11.6 Å². The maximum atomic E-state index is 14.8. The Morgan fingerprint density at radius 3 is 2.30 bits per heavy atom. The van der Waals surface area contributed by atoms with Gasteiger partial charge in [0.25, 0.3) is 5.91 Å². The van der Waals surface area contributed by atoms with Crippen LogP contribution in [0.5, 0.6) is 5.75 Å². The van der Waals surface area contributed by atoms with Crippen LogP contribution in [0.4, 0.5) is 22.0 Å². The predicted molar refractivity (Wildman–Crippen MR) is 138 cm³/mol. The minimum atomic E-state index is -4.64. The molecular formula is C27H28ClF5N2O4S. The lowest BCUT2D eigenvalue weighted by Crippen LogP contribution is -2.43. The van der Waals surface area contributed by atoms with E-state index in [4.69, 9.17) is 16.3 Å². The zero-order valence-electron chi connectivity index (χ0n) is 21.5. The summed E-state index contributed by atoms with van der Waals surface area (Å²) in [7, 11) is -3.86. The molecule has 1 saturated carbocycles. The van der Waals surface area contributed by atoms with Crippen LogP contribution in [0.2, 0.25) is 5.02 Å². The molecule has 2 unspecified atom stereocenters. The summed E-state index contributed by atoms with van der Waals surface area (Å²) in [6.45, 7) is 0.297. The van der Waals surface area contributed by atoms with Gasteiger partial charge < -0.3 is 4.74 Å². The summed E-state index contributed by atoms with van der Waals surface area (Å²) in [6, 6.07) is 3.95. The number of nitrogens with one attached hydrogen (secondary N) is 1. The van der Waals surface area contributed by atoms with Crippen LogP contribution in [0, 0.1) is 17.6 Å². The molecule has 6 nitrogen and oxygen atoms in total. The highest BCUT2D eigenvalue weighted by atomic mass is 35.5. The Hall–Kier alpha value is -2.44. The molecule has 2 heterocycles. The first-order valence-electron chi connectivity index (χ1n) is 13.0. The zero-order valence-corrected chi connectivity index (χ0v) is 23.1. The van der Waals surface area contributed by atoms with Crippen LogP contribution >= 0.6 is 11.6 Å². The van der Waals surface area contributed by atoms with Gasteiger partial charge in [0, 0.05) is 30.3 Å². The van der Waals surface area contributed by atoms with Crippen LogP contribution in [0.25, 0.3) is 0 Å². The van der Waals surface area contributed by atoms with E-state index in [2.05, 4.69) is 0 Å². The number of ether oxygens (including phenoxy) is 1. The van der Waals surface area contributed by atoms with Crippen molar-refractivity contribution in [1.82, 2.24) is 9.62 Å². The molecule has 2 atom stereocenters. The van der Waals surface area contributed by atoms with E-state index in [1.807, 2.05) is 4.90 Å². The SMILES string of the molecule is CS(=O)(=O)NC(=O)c1cc(C2CC2)c(OCC2CC3CCC(C2)N3Cc2cc(C(F)(F)F)cc(Cl)c2F)cc1F. The molecular weight excluding hydrogens is 579 g/mol. The number of carbonyl (C=O) groups excluding carboxylic acids is 1. The third-order valence-corrected chi connectivity index (χ3v) is 8.71. The molecule has 0 radical (unpaired) electrons. The van der Waals surface area contributed by atoms with Gasteiger partial charge in [0.15, 0.2) is 0 Å². The van der Waals surface area contributed by atoms with Crippen LogP contribution < -0.4 is 9.46 Å². The average Bonchev–Trinajstić information content (AvgIpc) is 3.65. The number of rotatable bonds is 8. The van der Waals surface area contributed by atoms with Crippen molar-refractivity contribution in [3.05, 3.63) is 63.2 Å². The van der Waals surface area contributed by atoms with Crippen molar-refractivity contribution in [2.75, 3.05) is 12.9 Å². The number of amides is 1. The molecule has 40 heavy (non-hydrogen) atoms. The molecule has 5 rings (SSSR count). The monoisotopic (exact) mass is 606 g/mol. The number of hydrogen-bond acceptors (Lipinski definition) is 5. The van der Waals surface area contributed by atoms with E-state index in [-0.39, 0.29) is 48.2 Å². The fourth-order valence-electron chi connectivity index (χ4n) is 5.92. The molecule has 2 bridgehead atoms. The Morgan fingerprint density at radius 1 is 1.07 bits per heavy atom. The molecule has 2 aromatic rings. The second kappa shape index (κ2) is 10.8. The van der Waals surface area contributed by atoms with Crippen molar-refractivity contribution in [1.29, 1.82) is 0 Å². The number of piperidine rings is 1. The molecule has 3 fully saturated rings. The number of nitrogens with zero attached hydrogens (tertiary/aromatic N) is 1. The van der Waals surface area contributed by atoms with Crippen LogP contribution in [-0.4, -0.2) is 44.2 Å². The topological polar surface area (TPSA) is 75.7 Å². The molecule has 0 aromatic heterocycles. The number of sulfonamides is 1. The predicted octanol–water partition coefficient (Wildman–Crippen LogP) is 6.03. The van der Waals surface area contributed by atoms with Crippen molar-refractivity contribution >= 4 is 27.5 Å². The first-order valence-corrected chi connectivity index (χ1v) is 15.3. The third kappa shape index (κ3) is 6.38. The van der Waals surface area contributed by atoms with E-state index in [9.17, 15) is 35.2 Å². The maximum Gasteiger partial charge on any atom is 0.416 e. The highest BCUT2D eigenvalue weighted by molar-refractivity contribution is 7.89. The number of fused-ring (bicyclic) bond motifs is 2. The van der Waals surface area contributed by atoms with Gasteiger partial charge in [0.05, 0.1) is 29.0 Å². The summed E-state index contributed by atoms with van der Waals surface area (Å²) in [6.07, 6.45) is 0.863. The van der Waals surface area contributed by atoms with Gasteiger partial charge in [-0.3, -0.25) is 9.69 Å². The number of benzene rings is 2. The largest absolute Gasteiger partial charge is 0.493 e. The van der Waals surface area contributed by atoms with Gasteiger partial charge in [-0.15, -0.1) is 0 Å². The lowest BCUT2D eigenvalue weighted by Gasteiger charge is -2.39. The molecule has 1 amide bonds. The Labute approximate surface area is 233 Å². The standard InChI is InChI=1S/C27H28ClF5N2O4S/c1-40(37,38)34-26(36)21-10-20(15-2-3-15)24(11-23(21)29)39-13-14-6-18-4-5-19(7-14)35(18)12-16-8-17(27(31,32)33)9-22(28)25(16)30/h8-11,14-15,18-19H,2-7,12-13H2,1H3,(H,34,36). The van der Waals surface area contributed by atoms with Crippen molar-refractivity contribution in [2.24, 2.45) is 5.92 Å². The number of alkyl halides is 3. The minimum absolute atomic E-state index is 0.0203. The molecule has 2 aliphatic heterocycles. The Balaban J connectivity index is 1.26. The van der Waals surface area contributed by atoms with E-state index >= 15 is 0 Å². The lowest BCUT2D eigenvalue weighted by molar-refractivity contribution is -0.137. The van der Waals surface area contributed by atoms with Gasteiger partial charge in [0.1, 0.15) is 17.4 Å². The van der Waals surface area contributed by atoms with Gasteiger partial charge in [-0.05, 0) is 74.1 Å². The van der Waals surface area contributed by atoms with E-state index in [1.165, 1.54) is 6.07 Å². The van der Waals surface area contributed by atoms with E-state index < -0.39 is 44.3 Å². The van der Waals surface area contributed by atoms with Crippen LogP contribution in [0.1, 0.15) is 71.5 Å². The summed E-state index contributed by atoms with van der Waals surface area (Å²) in [5, 5.41) is -0.557. The van der Waals surface area contributed by atoms with Crippen LogP contribution in [-0.2, 0) is 22.7 Å². The summed E-state index contributed by atoms with van der Waals surface area (Å²) >= 11 is 5.77. The quantitative estimate of drug-likeness (QED) is 0.372. The van der Waals surface area contributed by atoms with E-state index in [0.717, 1.165) is 44.1 Å². The summed E-state index contributed by atoms with van der Waals surface area (Å²) in [5.74, 6) is -2.29.